The van der Waals surface area contributed by atoms with E-state index >= 15 is 0 Å². The summed E-state index contributed by atoms with van der Waals surface area (Å²) in [5.41, 5.74) is 0. The van der Waals surface area contributed by atoms with Gasteiger partial charge in [0, 0.05) is 19.3 Å². The summed E-state index contributed by atoms with van der Waals surface area (Å²) in [5.74, 6) is -0.870. The first-order valence-corrected chi connectivity index (χ1v) is 34.7. The Kier molecular flexibility index (Phi) is 65.7. The van der Waals surface area contributed by atoms with Crippen LogP contribution in [0.15, 0.2) is 97.2 Å². The summed E-state index contributed by atoms with van der Waals surface area (Å²) in [6, 6.07) is 0. The summed E-state index contributed by atoms with van der Waals surface area (Å²) in [6.45, 7) is 6.55. The monoisotopic (exact) mass is 1130 g/mol. The molecule has 0 aliphatic carbocycles. The van der Waals surface area contributed by atoms with E-state index in [4.69, 9.17) is 14.2 Å². The number of ether oxygens (including phenoxy) is 3. The molecule has 466 valence electrons. The van der Waals surface area contributed by atoms with Gasteiger partial charge in [-0.3, -0.25) is 14.4 Å². The quantitative estimate of drug-likeness (QED) is 0.0261. The van der Waals surface area contributed by atoms with Crippen LogP contribution in [0.25, 0.3) is 0 Å². The highest BCUT2D eigenvalue weighted by atomic mass is 16.6. The van der Waals surface area contributed by atoms with Crippen molar-refractivity contribution in [1.29, 1.82) is 0 Å². The fourth-order valence-corrected chi connectivity index (χ4v) is 9.89. The van der Waals surface area contributed by atoms with Crippen molar-refractivity contribution in [3.63, 3.8) is 0 Å². The second-order valence-corrected chi connectivity index (χ2v) is 23.1. The third kappa shape index (κ3) is 67.0. The SMILES string of the molecule is CC/C=C\C/C=C\C/C=C\C/C=C\C/C=C\C/C=C\C/C=C\CCCCCCCCCCCCCCCC(=O)OCC(COC(=O)CCCCCCCCCCCCCCCC)OC(=O)CCCCCCC/C=C\CCCCCCC. The summed E-state index contributed by atoms with van der Waals surface area (Å²) < 4.78 is 16.9. The van der Waals surface area contributed by atoms with Crippen LogP contribution in [0.1, 0.15) is 342 Å². The lowest BCUT2D eigenvalue weighted by Gasteiger charge is -2.18. The van der Waals surface area contributed by atoms with E-state index in [1.54, 1.807) is 0 Å². The van der Waals surface area contributed by atoms with Gasteiger partial charge >= 0.3 is 17.9 Å². The number of hydrogen-bond acceptors (Lipinski definition) is 6. The zero-order valence-electron chi connectivity index (χ0n) is 53.5. The Balaban J connectivity index is 4.16. The molecule has 0 amide bonds. The minimum atomic E-state index is -0.779. The van der Waals surface area contributed by atoms with Gasteiger partial charge in [0.1, 0.15) is 13.2 Å². The van der Waals surface area contributed by atoms with Crippen LogP contribution in [0.4, 0.5) is 0 Å². The van der Waals surface area contributed by atoms with Crippen molar-refractivity contribution in [3.05, 3.63) is 97.2 Å². The molecule has 1 atom stereocenters. The van der Waals surface area contributed by atoms with Gasteiger partial charge in [-0.05, 0) is 103 Å². The van der Waals surface area contributed by atoms with Crippen LogP contribution < -0.4 is 0 Å². The van der Waals surface area contributed by atoms with Crippen molar-refractivity contribution < 1.29 is 28.6 Å². The molecule has 0 heterocycles. The second kappa shape index (κ2) is 68.8. The molecule has 0 saturated carbocycles. The highest BCUT2D eigenvalue weighted by Gasteiger charge is 2.19. The smallest absolute Gasteiger partial charge is 0.306 e. The minimum Gasteiger partial charge on any atom is -0.462 e. The van der Waals surface area contributed by atoms with E-state index in [1.165, 1.54) is 186 Å². The van der Waals surface area contributed by atoms with Crippen LogP contribution in [0.3, 0.4) is 0 Å². The van der Waals surface area contributed by atoms with Gasteiger partial charge in [-0.15, -0.1) is 0 Å². The Hall–Kier alpha value is -3.67. The van der Waals surface area contributed by atoms with Gasteiger partial charge in [-0.25, -0.2) is 0 Å². The highest BCUT2D eigenvalue weighted by molar-refractivity contribution is 5.71. The van der Waals surface area contributed by atoms with Gasteiger partial charge in [0.2, 0.25) is 0 Å². The predicted octanol–water partition coefficient (Wildman–Crippen LogP) is 24.0. The molecule has 0 fully saturated rings. The Morgan fingerprint density at radius 1 is 0.259 bits per heavy atom. The van der Waals surface area contributed by atoms with E-state index in [0.29, 0.717) is 19.3 Å². The van der Waals surface area contributed by atoms with E-state index in [2.05, 4.69) is 118 Å². The molecule has 6 nitrogen and oxygen atoms in total. The van der Waals surface area contributed by atoms with Crippen molar-refractivity contribution in [2.75, 3.05) is 13.2 Å². The first-order chi connectivity index (χ1) is 40.0. The maximum atomic E-state index is 12.9. The fraction of sp³-hybridized carbons (Fsp3) is 0.747. The summed E-state index contributed by atoms with van der Waals surface area (Å²) in [6.07, 6.45) is 92.9. The number of unbranched alkanes of at least 4 members (excludes halogenated alkanes) is 36. The van der Waals surface area contributed by atoms with Crippen molar-refractivity contribution in [3.8, 4) is 0 Å². The van der Waals surface area contributed by atoms with Gasteiger partial charge in [0.15, 0.2) is 6.10 Å². The van der Waals surface area contributed by atoms with Gasteiger partial charge in [0.05, 0.1) is 0 Å². The molecular formula is C75H130O6. The Labute approximate surface area is 502 Å². The zero-order chi connectivity index (χ0) is 58.5. The third-order valence-corrected chi connectivity index (χ3v) is 15.1. The predicted molar refractivity (Wildman–Crippen MR) is 353 cm³/mol. The molecule has 0 aliphatic heterocycles. The van der Waals surface area contributed by atoms with E-state index in [9.17, 15) is 14.4 Å². The van der Waals surface area contributed by atoms with E-state index in [0.717, 1.165) is 116 Å². The Bertz CT molecular complexity index is 1580. The van der Waals surface area contributed by atoms with Crippen LogP contribution in [-0.4, -0.2) is 37.2 Å². The molecule has 0 saturated heterocycles. The molecule has 0 aromatic rings. The lowest BCUT2D eigenvalue weighted by molar-refractivity contribution is -0.167. The lowest BCUT2D eigenvalue weighted by Crippen LogP contribution is -2.30. The van der Waals surface area contributed by atoms with Crippen molar-refractivity contribution in [2.24, 2.45) is 0 Å². The summed E-state index contributed by atoms with van der Waals surface area (Å²) >= 11 is 0. The zero-order valence-corrected chi connectivity index (χ0v) is 53.5. The largest absolute Gasteiger partial charge is 0.462 e. The van der Waals surface area contributed by atoms with Gasteiger partial charge < -0.3 is 14.2 Å². The lowest BCUT2D eigenvalue weighted by atomic mass is 10.0. The topological polar surface area (TPSA) is 78.9 Å². The van der Waals surface area contributed by atoms with Crippen LogP contribution in [0.2, 0.25) is 0 Å². The second-order valence-electron chi connectivity index (χ2n) is 23.1. The van der Waals surface area contributed by atoms with Gasteiger partial charge in [0.25, 0.3) is 0 Å². The first kappa shape index (κ1) is 77.3. The molecule has 1 unspecified atom stereocenters. The molecule has 0 radical (unpaired) electrons. The van der Waals surface area contributed by atoms with E-state index in [1.807, 2.05) is 0 Å². The van der Waals surface area contributed by atoms with E-state index < -0.39 is 6.10 Å². The molecule has 0 bridgehead atoms. The summed E-state index contributed by atoms with van der Waals surface area (Å²) in [7, 11) is 0. The number of carbonyl (C=O) groups excluding carboxylic acids is 3. The number of esters is 3. The molecule has 0 aromatic heterocycles. The van der Waals surface area contributed by atoms with Crippen molar-refractivity contribution in [1.82, 2.24) is 0 Å². The van der Waals surface area contributed by atoms with Crippen molar-refractivity contribution >= 4 is 17.9 Å². The Morgan fingerprint density at radius 3 is 0.765 bits per heavy atom. The average molecular weight is 1130 g/mol. The normalized spacial score (nSPS) is 12.7. The molecule has 81 heavy (non-hydrogen) atoms. The maximum absolute atomic E-state index is 12.9. The standard InChI is InChI=1S/C75H130O6/c1-4-7-10-13-16-19-22-25-28-29-30-31-32-33-34-35-36-37-38-39-40-41-42-43-44-45-46-47-48-51-53-56-59-62-65-68-74(77)80-71-72(81-75(78)69-66-63-60-57-54-50-27-24-21-18-15-12-9-6-3)70-79-73(76)67-64-61-58-55-52-49-26-23-20-17-14-11-8-5-2/h7,10,16,19,24-25,27-28,30-31,33-34,36-37,39-40,72H,4-6,8-9,11-15,17-18,20-23,26,29,32,35,38,41-71H2,1-3H3/b10-7-,19-16-,27-24-,28-25-,31-30-,34-33-,37-36-,40-39-. The Morgan fingerprint density at radius 2 is 0.481 bits per heavy atom. The first-order valence-electron chi connectivity index (χ1n) is 34.7. The third-order valence-electron chi connectivity index (χ3n) is 15.1. The molecule has 0 spiro atoms. The molecule has 6 heteroatoms. The maximum Gasteiger partial charge on any atom is 0.306 e. The molecule has 0 aromatic carbocycles. The van der Waals surface area contributed by atoms with E-state index in [-0.39, 0.29) is 31.1 Å². The number of allylic oxidation sites excluding steroid dienone is 16. The minimum absolute atomic E-state index is 0.0756. The van der Waals surface area contributed by atoms with Gasteiger partial charge in [-0.1, -0.05) is 317 Å². The summed E-state index contributed by atoms with van der Waals surface area (Å²) in [4.78, 5) is 38.3. The molecular weight excluding hydrogens is 997 g/mol. The van der Waals surface area contributed by atoms with Crippen LogP contribution >= 0.6 is 0 Å². The van der Waals surface area contributed by atoms with Crippen LogP contribution in [-0.2, 0) is 28.6 Å². The highest BCUT2D eigenvalue weighted by Crippen LogP contribution is 2.17. The van der Waals surface area contributed by atoms with Crippen LogP contribution in [0, 0.1) is 0 Å². The molecule has 0 rings (SSSR count). The molecule has 0 N–H and O–H groups in total. The molecule has 0 aliphatic rings. The van der Waals surface area contributed by atoms with Gasteiger partial charge in [-0.2, -0.15) is 0 Å². The fourth-order valence-electron chi connectivity index (χ4n) is 9.89. The number of carbonyl (C=O) groups is 3. The number of rotatable bonds is 63. The summed E-state index contributed by atoms with van der Waals surface area (Å²) in [5, 5.41) is 0. The van der Waals surface area contributed by atoms with Crippen molar-refractivity contribution in [2.45, 2.75) is 348 Å². The van der Waals surface area contributed by atoms with Crippen LogP contribution in [0.5, 0.6) is 0 Å². The number of hydrogen-bond donors (Lipinski definition) is 0. The average Bonchev–Trinajstić information content (AvgIpc) is 3.47.